The van der Waals surface area contributed by atoms with E-state index < -0.39 is 0 Å². The molecule has 2 N–H and O–H groups in total. The number of nitrogens with zero attached hydrogens (tertiary/aromatic N) is 2. The Bertz CT molecular complexity index is 470. The van der Waals surface area contributed by atoms with Gasteiger partial charge >= 0.3 is 0 Å². The fourth-order valence-electron chi connectivity index (χ4n) is 1.87. The highest BCUT2D eigenvalue weighted by atomic mass is 16.5. The molecule has 20 heavy (non-hydrogen) atoms. The number of aryl methyl sites for hydroxylation is 1. The normalized spacial score (nSPS) is 15.1. The summed E-state index contributed by atoms with van der Waals surface area (Å²) >= 11 is 0. The van der Waals surface area contributed by atoms with Crippen molar-refractivity contribution in [2.75, 3.05) is 19.8 Å². The molecule has 110 valence electrons. The first-order chi connectivity index (χ1) is 9.72. The van der Waals surface area contributed by atoms with Gasteiger partial charge in [-0.05, 0) is 32.1 Å². The first-order valence-electron chi connectivity index (χ1n) is 7.08. The van der Waals surface area contributed by atoms with Crippen LogP contribution in [0.5, 0.6) is 5.75 Å². The molecule has 0 saturated heterocycles. The van der Waals surface area contributed by atoms with Gasteiger partial charge in [0.1, 0.15) is 5.75 Å². The molecule has 0 aromatic carbocycles. The molecule has 1 heterocycles. The van der Waals surface area contributed by atoms with E-state index in [-0.39, 0.29) is 12.4 Å². The van der Waals surface area contributed by atoms with Crippen molar-refractivity contribution in [3.05, 3.63) is 23.0 Å². The van der Waals surface area contributed by atoms with Crippen molar-refractivity contribution in [3.63, 3.8) is 0 Å². The lowest BCUT2D eigenvalue weighted by Gasteiger charge is -2.07. The molecule has 1 aromatic heterocycles. The molecule has 0 radical (unpaired) electrons. The van der Waals surface area contributed by atoms with Gasteiger partial charge in [0.25, 0.3) is 0 Å². The molecule has 5 nitrogen and oxygen atoms in total. The molecular formula is C15H22N2O3. The number of hydrogen-bond acceptors (Lipinski definition) is 5. The number of aromatic hydroxyl groups is 1. The maximum absolute atomic E-state index is 9.93. The van der Waals surface area contributed by atoms with Crippen LogP contribution in [0.3, 0.4) is 0 Å². The van der Waals surface area contributed by atoms with E-state index in [2.05, 4.69) is 9.98 Å². The summed E-state index contributed by atoms with van der Waals surface area (Å²) < 4.78 is 5.52. The second kappa shape index (κ2) is 7.36. The lowest BCUT2D eigenvalue weighted by Crippen LogP contribution is -2.01. The molecule has 0 aliphatic heterocycles. The van der Waals surface area contributed by atoms with Gasteiger partial charge in [-0.25, -0.2) is 0 Å². The van der Waals surface area contributed by atoms with Crippen LogP contribution in [0, 0.1) is 12.8 Å². The topological polar surface area (TPSA) is 74.9 Å². The van der Waals surface area contributed by atoms with Gasteiger partial charge in [-0.15, -0.1) is 0 Å². The number of rotatable bonds is 8. The van der Waals surface area contributed by atoms with Crippen LogP contribution in [-0.2, 0) is 11.3 Å². The predicted octanol–water partition coefficient (Wildman–Crippen LogP) is 1.82. The number of pyridine rings is 1. The minimum Gasteiger partial charge on any atom is -0.505 e. The molecular weight excluding hydrogens is 256 g/mol. The Morgan fingerprint density at radius 2 is 2.30 bits per heavy atom. The monoisotopic (exact) mass is 278 g/mol. The Morgan fingerprint density at radius 1 is 1.50 bits per heavy atom. The smallest absolute Gasteiger partial charge is 0.145 e. The molecule has 2 rings (SSSR count). The number of aliphatic imine (C=N–C) groups is 1. The lowest BCUT2D eigenvalue weighted by molar-refractivity contribution is 0.123. The number of aliphatic hydroxyl groups excluding tert-OH is 1. The Kier molecular flexibility index (Phi) is 5.49. The zero-order chi connectivity index (χ0) is 14.4. The zero-order valence-electron chi connectivity index (χ0n) is 11.9. The summed E-state index contributed by atoms with van der Waals surface area (Å²) in [5.74, 6) is 0.882. The maximum Gasteiger partial charge on any atom is 0.145 e. The Hall–Kier alpha value is -1.46. The standard InChI is InChI=1S/C15H22N2O3/c1-11-15(19)14(13(9-18)7-17-11)8-16-5-2-6-20-10-12-3-4-12/h7-8,12,18-19H,2-6,9-10H2,1H3. The second-order valence-corrected chi connectivity index (χ2v) is 5.20. The van der Waals surface area contributed by atoms with Gasteiger partial charge in [0.05, 0.1) is 12.3 Å². The molecule has 0 spiro atoms. The third-order valence-electron chi connectivity index (χ3n) is 3.37. The van der Waals surface area contributed by atoms with E-state index >= 15 is 0 Å². The molecule has 5 heteroatoms. The van der Waals surface area contributed by atoms with Crippen molar-refractivity contribution in [2.45, 2.75) is 32.8 Å². The number of hydrogen-bond donors (Lipinski definition) is 2. The molecule has 1 aliphatic rings. The van der Waals surface area contributed by atoms with Gasteiger partial charge < -0.3 is 14.9 Å². The summed E-state index contributed by atoms with van der Waals surface area (Å²) in [4.78, 5) is 8.29. The fourth-order valence-corrected chi connectivity index (χ4v) is 1.87. The lowest BCUT2D eigenvalue weighted by atomic mass is 10.1. The fraction of sp³-hybridized carbons (Fsp3) is 0.600. The van der Waals surface area contributed by atoms with E-state index in [1.807, 2.05) is 0 Å². The van der Waals surface area contributed by atoms with Gasteiger partial charge in [0.2, 0.25) is 0 Å². The molecule has 1 aromatic rings. The van der Waals surface area contributed by atoms with Crippen molar-refractivity contribution in [1.82, 2.24) is 4.98 Å². The van der Waals surface area contributed by atoms with Crippen molar-refractivity contribution in [2.24, 2.45) is 10.9 Å². The highest BCUT2D eigenvalue weighted by Crippen LogP contribution is 2.28. The maximum atomic E-state index is 9.93. The van der Waals surface area contributed by atoms with Crippen molar-refractivity contribution in [3.8, 4) is 5.75 Å². The molecule has 0 atom stereocenters. The number of aliphatic hydroxyl groups is 1. The molecule has 1 saturated carbocycles. The van der Waals surface area contributed by atoms with Crippen LogP contribution in [-0.4, -0.2) is 41.2 Å². The minimum atomic E-state index is -0.160. The number of ether oxygens (including phenoxy) is 1. The van der Waals surface area contributed by atoms with Crippen molar-refractivity contribution >= 4 is 6.21 Å². The molecule has 0 unspecified atom stereocenters. The first kappa shape index (κ1) is 14.9. The summed E-state index contributed by atoms with van der Waals surface area (Å²) in [6.45, 7) is 3.81. The molecule has 0 bridgehead atoms. The third kappa shape index (κ3) is 4.28. The van der Waals surface area contributed by atoms with Crippen LogP contribution in [0.25, 0.3) is 0 Å². The quantitative estimate of drug-likeness (QED) is 0.562. The van der Waals surface area contributed by atoms with E-state index in [4.69, 9.17) is 4.74 Å². The van der Waals surface area contributed by atoms with Crippen LogP contribution >= 0.6 is 0 Å². The van der Waals surface area contributed by atoms with E-state index in [0.717, 1.165) is 25.6 Å². The average molecular weight is 278 g/mol. The van der Waals surface area contributed by atoms with Crippen LogP contribution in [0.15, 0.2) is 11.2 Å². The second-order valence-electron chi connectivity index (χ2n) is 5.20. The van der Waals surface area contributed by atoms with Gasteiger partial charge in [-0.1, -0.05) is 0 Å². The summed E-state index contributed by atoms with van der Waals surface area (Å²) in [5.41, 5.74) is 1.68. The summed E-state index contributed by atoms with van der Waals surface area (Å²) in [5, 5.41) is 19.2. The van der Waals surface area contributed by atoms with Gasteiger partial charge in [0.15, 0.2) is 0 Å². The third-order valence-corrected chi connectivity index (χ3v) is 3.37. The SMILES string of the molecule is Cc1ncc(CO)c(C=NCCCOCC2CC2)c1O. The minimum absolute atomic E-state index is 0.0882. The van der Waals surface area contributed by atoms with Gasteiger partial charge in [-0.3, -0.25) is 9.98 Å². The predicted molar refractivity (Wildman–Crippen MR) is 77.2 cm³/mol. The average Bonchev–Trinajstić information content (AvgIpc) is 3.26. The first-order valence-corrected chi connectivity index (χ1v) is 7.08. The van der Waals surface area contributed by atoms with Gasteiger partial charge in [0, 0.05) is 43.3 Å². The number of aromatic nitrogens is 1. The molecule has 1 aliphatic carbocycles. The Morgan fingerprint density at radius 3 is 3.00 bits per heavy atom. The van der Waals surface area contributed by atoms with Gasteiger partial charge in [-0.2, -0.15) is 0 Å². The van der Waals surface area contributed by atoms with Crippen LogP contribution < -0.4 is 0 Å². The summed E-state index contributed by atoms with van der Waals surface area (Å²) in [7, 11) is 0. The molecule has 0 amide bonds. The van der Waals surface area contributed by atoms with E-state index in [1.54, 1.807) is 19.3 Å². The zero-order valence-corrected chi connectivity index (χ0v) is 11.9. The highest BCUT2D eigenvalue weighted by Gasteiger charge is 2.20. The van der Waals surface area contributed by atoms with E-state index in [0.29, 0.717) is 23.4 Å². The summed E-state index contributed by atoms with van der Waals surface area (Å²) in [6, 6.07) is 0. The Balaban J connectivity index is 1.79. The highest BCUT2D eigenvalue weighted by molar-refractivity contribution is 5.85. The molecule has 1 fully saturated rings. The van der Waals surface area contributed by atoms with E-state index in [1.165, 1.54) is 12.8 Å². The van der Waals surface area contributed by atoms with Crippen LogP contribution in [0.1, 0.15) is 36.1 Å². The van der Waals surface area contributed by atoms with Crippen molar-refractivity contribution in [1.29, 1.82) is 0 Å². The Labute approximate surface area is 119 Å². The van der Waals surface area contributed by atoms with Crippen LogP contribution in [0.4, 0.5) is 0 Å². The van der Waals surface area contributed by atoms with E-state index in [9.17, 15) is 10.2 Å². The largest absolute Gasteiger partial charge is 0.505 e. The summed E-state index contributed by atoms with van der Waals surface area (Å²) in [6.07, 6.45) is 6.65. The van der Waals surface area contributed by atoms with Crippen LogP contribution in [0.2, 0.25) is 0 Å². The van der Waals surface area contributed by atoms with Crippen molar-refractivity contribution < 1.29 is 14.9 Å².